The van der Waals surface area contributed by atoms with Crippen molar-refractivity contribution in [2.45, 2.75) is 26.2 Å². The SMILES string of the molecule is CC(C)(C)c1nc2ccccc2c2c(Cl)c3cccnc3n12. The Balaban J connectivity index is 2.39. The predicted molar refractivity (Wildman–Crippen MR) is 91.7 cm³/mol. The van der Waals surface area contributed by atoms with Crippen LogP contribution in [-0.2, 0) is 5.41 Å². The highest BCUT2D eigenvalue weighted by Crippen LogP contribution is 2.37. The molecule has 0 radical (unpaired) electrons. The molecule has 4 aromatic rings. The van der Waals surface area contributed by atoms with E-state index in [1.807, 2.05) is 30.3 Å². The molecule has 0 unspecified atom stereocenters. The average molecular weight is 310 g/mol. The lowest BCUT2D eigenvalue weighted by atomic mass is 9.95. The fourth-order valence-corrected chi connectivity index (χ4v) is 3.30. The number of halogens is 1. The highest BCUT2D eigenvalue weighted by atomic mass is 35.5. The number of rotatable bonds is 0. The van der Waals surface area contributed by atoms with Crippen LogP contribution in [0, 0.1) is 0 Å². The number of pyridine rings is 1. The molecule has 3 heterocycles. The van der Waals surface area contributed by atoms with Crippen LogP contribution in [0.25, 0.3) is 27.5 Å². The van der Waals surface area contributed by atoms with E-state index in [0.717, 1.165) is 38.3 Å². The van der Waals surface area contributed by atoms with Crippen molar-refractivity contribution in [3.8, 4) is 0 Å². The summed E-state index contributed by atoms with van der Waals surface area (Å²) in [7, 11) is 0. The molecule has 0 fully saturated rings. The van der Waals surface area contributed by atoms with Crippen molar-refractivity contribution in [1.29, 1.82) is 0 Å². The normalized spacial score (nSPS) is 12.5. The molecule has 0 amide bonds. The van der Waals surface area contributed by atoms with Gasteiger partial charge in [0.15, 0.2) is 0 Å². The minimum atomic E-state index is -0.116. The first kappa shape index (κ1) is 13.5. The van der Waals surface area contributed by atoms with Crippen LogP contribution in [0.4, 0.5) is 0 Å². The molecule has 0 saturated carbocycles. The van der Waals surface area contributed by atoms with Gasteiger partial charge in [0, 0.05) is 22.4 Å². The van der Waals surface area contributed by atoms with Crippen LogP contribution in [0.15, 0.2) is 42.6 Å². The molecule has 1 aromatic carbocycles. The minimum Gasteiger partial charge on any atom is -0.279 e. The number of benzene rings is 1. The number of para-hydroxylation sites is 1. The monoisotopic (exact) mass is 309 g/mol. The Morgan fingerprint density at radius 2 is 1.73 bits per heavy atom. The van der Waals surface area contributed by atoms with E-state index in [2.05, 4.69) is 36.2 Å². The van der Waals surface area contributed by atoms with Gasteiger partial charge >= 0.3 is 0 Å². The van der Waals surface area contributed by atoms with E-state index in [1.54, 1.807) is 6.20 Å². The van der Waals surface area contributed by atoms with E-state index in [1.165, 1.54) is 0 Å². The Morgan fingerprint density at radius 1 is 1.00 bits per heavy atom. The topological polar surface area (TPSA) is 30.2 Å². The molecule has 0 spiro atoms. The summed E-state index contributed by atoms with van der Waals surface area (Å²) in [6, 6.07) is 12.1. The number of fused-ring (bicyclic) bond motifs is 5. The molecule has 4 rings (SSSR count). The second-order valence-electron chi connectivity index (χ2n) is 6.58. The summed E-state index contributed by atoms with van der Waals surface area (Å²) in [4.78, 5) is 9.45. The summed E-state index contributed by atoms with van der Waals surface area (Å²) < 4.78 is 2.11. The Kier molecular flexibility index (Phi) is 2.73. The number of hydrogen-bond donors (Lipinski definition) is 0. The number of aromatic nitrogens is 3. The summed E-state index contributed by atoms with van der Waals surface area (Å²) >= 11 is 6.70. The van der Waals surface area contributed by atoms with Gasteiger partial charge in [0.1, 0.15) is 11.5 Å². The molecule has 0 N–H and O–H groups in total. The Bertz CT molecular complexity index is 1030. The summed E-state index contributed by atoms with van der Waals surface area (Å²) in [5.41, 5.74) is 2.70. The highest BCUT2D eigenvalue weighted by molar-refractivity contribution is 6.40. The van der Waals surface area contributed by atoms with Crippen molar-refractivity contribution in [3.63, 3.8) is 0 Å². The molecule has 0 atom stereocenters. The van der Waals surface area contributed by atoms with Gasteiger partial charge in [-0.1, -0.05) is 50.6 Å². The lowest BCUT2D eigenvalue weighted by Gasteiger charge is -2.21. The van der Waals surface area contributed by atoms with Crippen LogP contribution in [0.3, 0.4) is 0 Å². The zero-order chi connectivity index (χ0) is 15.5. The lowest BCUT2D eigenvalue weighted by molar-refractivity contribution is 0.542. The van der Waals surface area contributed by atoms with E-state index >= 15 is 0 Å². The molecule has 3 nitrogen and oxygen atoms in total. The van der Waals surface area contributed by atoms with Gasteiger partial charge in [0.05, 0.1) is 16.1 Å². The third kappa shape index (κ3) is 1.75. The van der Waals surface area contributed by atoms with Crippen LogP contribution in [0.5, 0.6) is 0 Å². The van der Waals surface area contributed by atoms with Gasteiger partial charge in [0.2, 0.25) is 0 Å². The molecule has 0 bridgehead atoms. The lowest BCUT2D eigenvalue weighted by Crippen LogP contribution is -2.19. The maximum Gasteiger partial charge on any atom is 0.147 e. The Labute approximate surface area is 133 Å². The first-order chi connectivity index (χ1) is 10.5. The van der Waals surface area contributed by atoms with Crippen molar-refractivity contribution in [2.75, 3.05) is 0 Å². The summed E-state index contributed by atoms with van der Waals surface area (Å²) in [5, 5.41) is 2.76. The average Bonchev–Trinajstić information content (AvgIpc) is 2.80. The predicted octanol–water partition coefficient (Wildman–Crippen LogP) is 4.99. The van der Waals surface area contributed by atoms with E-state index in [4.69, 9.17) is 16.6 Å². The van der Waals surface area contributed by atoms with E-state index in [-0.39, 0.29) is 5.41 Å². The zero-order valence-corrected chi connectivity index (χ0v) is 13.5. The van der Waals surface area contributed by atoms with Gasteiger partial charge in [-0.25, -0.2) is 9.97 Å². The van der Waals surface area contributed by atoms with Crippen molar-refractivity contribution < 1.29 is 0 Å². The molecule has 22 heavy (non-hydrogen) atoms. The third-order valence-electron chi connectivity index (χ3n) is 3.93. The fourth-order valence-electron chi connectivity index (χ4n) is 2.96. The fraction of sp³-hybridized carbons (Fsp3) is 0.222. The first-order valence-corrected chi connectivity index (χ1v) is 7.70. The van der Waals surface area contributed by atoms with Crippen molar-refractivity contribution in [1.82, 2.24) is 14.4 Å². The molecule has 110 valence electrons. The van der Waals surface area contributed by atoms with Crippen molar-refractivity contribution in [3.05, 3.63) is 53.4 Å². The molecule has 0 saturated heterocycles. The summed E-state index contributed by atoms with van der Waals surface area (Å²) in [6.45, 7) is 6.48. The van der Waals surface area contributed by atoms with Crippen LogP contribution in [0.2, 0.25) is 5.02 Å². The van der Waals surface area contributed by atoms with E-state index < -0.39 is 0 Å². The molecular weight excluding hydrogens is 294 g/mol. The van der Waals surface area contributed by atoms with E-state index in [9.17, 15) is 0 Å². The molecule has 0 aliphatic rings. The Morgan fingerprint density at radius 3 is 2.50 bits per heavy atom. The maximum atomic E-state index is 6.70. The van der Waals surface area contributed by atoms with E-state index in [0.29, 0.717) is 0 Å². The van der Waals surface area contributed by atoms with Crippen molar-refractivity contribution in [2.24, 2.45) is 0 Å². The van der Waals surface area contributed by atoms with Crippen LogP contribution >= 0.6 is 11.6 Å². The molecule has 4 heteroatoms. The zero-order valence-electron chi connectivity index (χ0n) is 12.8. The second kappa shape index (κ2) is 4.43. The largest absolute Gasteiger partial charge is 0.279 e. The van der Waals surface area contributed by atoms with Gasteiger partial charge in [-0.2, -0.15) is 0 Å². The second-order valence-corrected chi connectivity index (χ2v) is 6.95. The minimum absolute atomic E-state index is 0.116. The first-order valence-electron chi connectivity index (χ1n) is 7.32. The van der Waals surface area contributed by atoms with Gasteiger partial charge in [-0.05, 0) is 18.2 Å². The standard InChI is InChI=1S/C18H16ClN3/c1-18(2,3)17-21-13-9-5-4-7-11(13)15-14(19)12-8-6-10-20-16(12)22(15)17/h4-10H,1-3H3. The quantitative estimate of drug-likeness (QED) is 0.458. The highest BCUT2D eigenvalue weighted by Gasteiger charge is 2.24. The summed E-state index contributed by atoms with van der Waals surface area (Å²) in [6.07, 6.45) is 1.80. The number of hydrogen-bond acceptors (Lipinski definition) is 2. The molecule has 3 aromatic heterocycles. The van der Waals surface area contributed by atoms with Crippen LogP contribution in [0.1, 0.15) is 26.6 Å². The van der Waals surface area contributed by atoms with Crippen LogP contribution < -0.4 is 0 Å². The van der Waals surface area contributed by atoms with Gasteiger partial charge in [0.25, 0.3) is 0 Å². The third-order valence-corrected chi connectivity index (χ3v) is 4.32. The van der Waals surface area contributed by atoms with Crippen molar-refractivity contribution >= 4 is 39.1 Å². The molecule has 0 aliphatic heterocycles. The Hall–Kier alpha value is -2.13. The van der Waals surface area contributed by atoms with Gasteiger partial charge in [-0.15, -0.1) is 0 Å². The molecular formula is C18H16ClN3. The smallest absolute Gasteiger partial charge is 0.147 e. The maximum absolute atomic E-state index is 6.70. The number of nitrogens with zero attached hydrogens (tertiary/aromatic N) is 3. The van der Waals surface area contributed by atoms with Crippen LogP contribution in [-0.4, -0.2) is 14.4 Å². The summed E-state index contributed by atoms with van der Waals surface area (Å²) in [5.74, 6) is 0.969. The molecule has 0 aliphatic carbocycles. The van der Waals surface area contributed by atoms with Gasteiger partial charge in [-0.3, -0.25) is 4.40 Å². The van der Waals surface area contributed by atoms with Gasteiger partial charge < -0.3 is 0 Å².